The molecule has 1 aliphatic rings. The van der Waals surface area contributed by atoms with Gasteiger partial charge in [0.1, 0.15) is 12.4 Å². The van der Waals surface area contributed by atoms with Crippen LogP contribution in [0.25, 0.3) is 11.0 Å². The molecule has 3 heterocycles. The molecule has 8 heteroatoms. The van der Waals surface area contributed by atoms with Gasteiger partial charge in [-0.1, -0.05) is 61.4 Å². The summed E-state index contributed by atoms with van der Waals surface area (Å²) in [4.78, 5) is 18.0. The molecule has 0 bridgehead atoms. The summed E-state index contributed by atoms with van der Waals surface area (Å²) in [5.41, 5.74) is 0.660. The Morgan fingerprint density at radius 2 is 1.97 bits per heavy atom. The van der Waals surface area contributed by atoms with Crippen molar-refractivity contribution in [1.82, 2.24) is 14.6 Å². The van der Waals surface area contributed by atoms with Crippen molar-refractivity contribution in [3.63, 3.8) is 0 Å². The van der Waals surface area contributed by atoms with Crippen molar-refractivity contribution < 1.29 is 14.2 Å². The summed E-state index contributed by atoms with van der Waals surface area (Å²) in [7, 11) is 0. The number of hydrogen-bond acceptors (Lipinski definition) is 7. The summed E-state index contributed by atoms with van der Waals surface area (Å²) < 4.78 is 19.5. The van der Waals surface area contributed by atoms with Gasteiger partial charge in [-0.05, 0) is 30.7 Å². The van der Waals surface area contributed by atoms with E-state index in [4.69, 9.17) is 14.2 Å². The summed E-state index contributed by atoms with van der Waals surface area (Å²) >= 11 is 1.30. The van der Waals surface area contributed by atoms with Crippen molar-refractivity contribution in [3.05, 3.63) is 74.8 Å². The van der Waals surface area contributed by atoms with Gasteiger partial charge >= 0.3 is 0 Å². The van der Waals surface area contributed by atoms with Crippen molar-refractivity contribution >= 4 is 22.4 Å². The molecule has 0 N–H and O–H groups in total. The first kappa shape index (κ1) is 20.5. The lowest BCUT2D eigenvalue weighted by atomic mass is 10.2. The Bertz CT molecular complexity index is 1350. The quantitative estimate of drug-likeness (QED) is 0.400. The Kier molecular flexibility index (Phi) is 5.77. The van der Waals surface area contributed by atoms with E-state index in [9.17, 15) is 4.79 Å². The topological polar surface area (TPSA) is 74.9 Å². The van der Waals surface area contributed by atoms with Gasteiger partial charge in [-0.15, -0.1) is 5.10 Å². The van der Waals surface area contributed by atoms with Gasteiger partial charge in [0.05, 0.1) is 11.1 Å². The molecule has 0 spiro atoms. The lowest BCUT2D eigenvalue weighted by Gasteiger charge is -2.24. The lowest BCUT2D eigenvalue weighted by molar-refractivity contribution is 0.0852. The van der Waals surface area contributed by atoms with E-state index in [1.54, 1.807) is 0 Å². The van der Waals surface area contributed by atoms with Crippen LogP contribution in [0.15, 0.2) is 53.3 Å². The second-order valence-electron chi connectivity index (χ2n) is 7.54. The van der Waals surface area contributed by atoms with Crippen molar-refractivity contribution in [2.24, 2.45) is 0 Å². The highest BCUT2D eigenvalue weighted by Gasteiger charge is 2.27. The van der Waals surface area contributed by atoms with Gasteiger partial charge in [-0.2, -0.15) is 9.50 Å². The van der Waals surface area contributed by atoms with Crippen LogP contribution in [0.2, 0.25) is 0 Å². The number of hydrogen-bond donors (Lipinski definition) is 0. The number of fused-ring (bicyclic) bond motifs is 2. The van der Waals surface area contributed by atoms with Crippen molar-refractivity contribution in [2.75, 3.05) is 13.2 Å². The van der Waals surface area contributed by atoms with Crippen molar-refractivity contribution in [3.8, 4) is 17.2 Å². The molecule has 0 fully saturated rings. The smallest absolute Gasteiger partial charge is 0.291 e. The van der Waals surface area contributed by atoms with E-state index >= 15 is 0 Å². The number of para-hydroxylation sites is 3. The van der Waals surface area contributed by atoms with Crippen LogP contribution in [-0.4, -0.2) is 27.8 Å². The van der Waals surface area contributed by atoms with Crippen LogP contribution < -0.4 is 24.3 Å². The number of nitrogens with zero attached hydrogens (tertiary/aromatic N) is 3. The fourth-order valence-corrected chi connectivity index (χ4v) is 4.44. The van der Waals surface area contributed by atoms with Gasteiger partial charge in [0, 0.05) is 5.56 Å². The molecule has 164 valence electrons. The van der Waals surface area contributed by atoms with Gasteiger partial charge in [0.25, 0.3) is 5.56 Å². The molecule has 2 aromatic carbocycles. The molecule has 32 heavy (non-hydrogen) atoms. The molecule has 4 aromatic rings. The summed E-state index contributed by atoms with van der Waals surface area (Å²) in [5.74, 6) is 2.55. The number of unbranched alkanes of at least 4 members (excludes halogenated alkanes) is 2. The molecule has 1 atom stereocenters. The highest BCUT2D eigenvalue weighted by atomic mass is 32.1. The minimum atomic E-state index is -0.457. The monoisotopic (exact) mass is 449 g/mol. The van der Waals surface area contributed by atoms with Gasteiger partial charge in [-0.25, -0.2) is 0 Å². The Hall–Kier alpha value is -3.39. The molecule has 0 saturated heterocycles. The van der Waals surface area contributed by atoms with Crippen LogP contribution in [-0.2, 0) is 0 Å². The van der Waals surface area contributed by atoms with E-state index in [1.807, 2.05) is 54.6 Å². The maximum absolute atomic E-state index is 13.0. The highest BCUT2D eigenvalue weighted by molar-refractivity contribution is 7.15. The third-order valence-corrected chi connectivity index (χ3v) is 6.17. The Morgan fingerprint density at radius 1 is 1.16 bits per heavy atom. The van der Waals surface area contributed by atoms with Crippen LogP contribution in [0, 0.1) is 0 Å². The largest absolute Gasteiger partial charge is 0.493 e. The fourth-order valence-electron chi connectivity index (χ4n) is 3.54. The third kappa shape index (κ3) is 4.05. The molecule has 1 unspecified atom stereocenters. The molecule has 1 aliphatic heterocycles. The molecule has 5 rings (SSSR count). The highest BCUT2D eigenvalue weighted by Crippen LogP contribution is 2.35. The van der Waals surface area contributed by atoms with Gasteiger partial charge in [0.2, 0.25) is 4.96 Å². The number of rotatable bonds is 7. The minimum absolute atomic E-state index is 0.207. The van der Waals surface area contributed by atoms with Gasteiger partial charge in [0.15, 0.2) is 23.4 Å². The Morgan fingerprint density at radius 3 is 2.81 bits per heavy atom. The first-order chi connectivity index (χ1) is 15.7. The fraction of sp³-hybridized carbons (Fsp3) is 0.292. The van der Waals surface area contributed by atoms with Crippen LogP contribution >= 0.6 is 11.3 Å². The first-order valence-corrected chi connectivity index (χ1v) is 11.6. The second-order valence-corrected chi connectivity index (χ2v) is 8.55. The van der Waals surface area contributed by atoms with Crippen LogP contribution in [0.5, 0.6) is 17.2 Å². The number of aromatic nitrogens is 3. The van der Waals surface area contributed by atoms with E-state index in [1.165, 1.54) is 15.9 Å². The third-order valence-electron chi connectivity index (χ3n) is 5.21. The maximum Gasteiger partial charge on any atom is 0.291 e. The molecular formula is C24H23N3O4S. The van der Waals surface area contributed by atoms with Crippen LogP contribution in [0.4, 0.5) is 0 Å². The van der Waals surface area contributed by atoms with E-state index in [0.29, 0.717) is 40.0 Å². The zero-order valence-corrected chi connectivity index (χ0v) is 18.5. The minimum Gasteiger partial charge on any atom is -0.493 e. The predicted octanol–water partition coefficient (Wildman–Crippen LogP) is 3.78. The van der Waals surface area contributed by atoms with Gasteiger partial charge < -0.3 is 14.2 Å². The van der Waals surface area contributed by atoms with E-state index in [0.717, 1.165) is 30.6 Å². The zero-order chi connectivity index (χ0) is 21.9. The second kappa shape index (κ2) is 9.00. The van der Waals surface area contributed by atoms with Crippen molar-refractivity contribution in [1.29, 1.82) is 0 Å². The SMILES string of the molecule is CCCCCOc1ccccc1/C=c1/sc2nc(C3COc4ccccc4O3)nn2c1=O. The summed E-state index contributed by atoms with van der Waals surface area (Å²) in [6, 6.07) is 15.2. The molecule has 7 nitrogen and oxygen atoms in total. The Labute approximate surface area is 188 Å². The molecule has 0 amide bonds. The normalized spacial score (nSPS) is 15.9. The molecular weight excluding hydrogens is 426 g/mol. The molecule has 0 saturated carbocycles. The maximum atomic E-state index is 13.0. The number of benzene rings is 2. The average molecular weight is 450 g/mol. The molecule has 2 aromatic heterocycles. The summed E-state index contributed by atoms with van der Waals surface area (Å²) in [5, 5.41) is 4.41. The predicted molar refractivity (Wildman–Crippen MR) is 123 cm³/mol. The van der Waals surface area contributed by atoms with E-state index in [-0.39, 0.29) is 5.56 Å². The number of thiazole rings is 1. The average Bonchev–Trinajstić information content (AvgIpc) is 3.37. The summed E-state index contributed by atoms with van der Waals surface area (Å²) in [6.07, 6.45) is 4.67. The standard InChI is InChI=1S/C24H23N3O4S/c1-2-3-8-13-29-17-10-5-4-9-16(17)14-21-23(28)27-24(32-21)25-22(26-27)20-15-30-18-11-6-7-12-19(18)31-20/h4-7,9-12,14,20H,2-3,8,13,15H2,1H3/b21-14+. The zero-order valence-electron chi connectivity index (χ0n) is 17.7. The molecule has 0 aliphatic carbocycles. The Balaban J connectivity index is 1.41. The van der Waals surface area contributed by atoms with Crippen LogP contribution in [0.1, 0.15) is 43.7 Å². The van der Waals surface area contributed by atoms with Crippen molar-refractivity contribution in [2.45, 2.75) is 32.3 Å². The lowest BCUT2D eigenvalue weighted by Crippen LogP contribution is -2.26. The van der Waals surface area contributed by atoms with Gasteiger partial charge in [-0.3, -0.25) is 4.79 Å². The van der Waals surface area contributed by atoms with E-state index in [2.05, 4.69) is 17.0 Å². The number of ether oxygens (including phenoxy) is 3. The summed E-state index contributed by atoms with van der Waals surface area (Å²) in [6.45, 7) is 3.12. The van der Waals surface area contributed by atoms with E-state index < -0.39 is 6.10 Å². The molecule has 0 radical (unpaired) electrons. The van der Waals surface area contributed by atoms with Crippen LogP contribution in [0.3, 0.4) is 0 Å². The first-order valence-electron chi connectivity index (χ1n) is 10.7.